The van der Waals surface area contributed by atoms with Gasteiger partial charge in [0, 0.05) is 18.6 Å². The van der Waals surface area contributed by atoms with Gasteiger partial charge >= 0.3 is 0 Å². The Labute approximate surface area is 74.3 Å². The minimum absolute atomic E-state index is 0.0184. The molecule has 3 nitrogen and oxygen atoms in total. The Bertz CT molecular complexity index is 129. The number of hydrogen-bond donors (Lipinski definition) is 1. The molecule has 0 heterocycles. The largest absolute Gasteiger partial charge is 0.378 e. The number of carbonyl (C=O) groups is 1. The summed E-state index contributed by atoms with van der Waals surface area (Å²) in [7, 11) is 0. The van der Waals surface area contributed by atoms with E-state index in [4.69, 9.17) is 10.5 Å². The predicted molar refractivity (Wildman–Crippen MR) is 49.0 cm³/mol. The van der Waals surface area contributed by atoms with Crippen molar-refractivity contribution in [2.75, 3.05) is 6.61 Å². The van der Waals surface area contributed by atoms with Crippen molar-refractivity contribution in [1.82, 2.24) is 0 Å². The van der Waals surface area contributed by atoms with Gasteiger partial charge in [-0.05, 0) is 27.2 Å². The second-order valence-corrected chi connectivity index (χ2v) is 3.82. The standard InChI is InChI=1S/C9H19NO2/c1-8(4-6-11)12-7-5-9(2,3)10/h6,8H,4-5,7,10H2,1-3H3. The fourth-order valence-corrected chi connectivity index (χ4v) is 0.727. The van der Waals surface area contributed by atoms with Crippen LogP contribution in [0.4, 0.5) is 0 Å². The van der Waals surface area contributed by atoms with Crippen molar-refractivity contribution in [3.63, 3.8) is 0 Å². The summed E-state index contributed by atoms with van der Waals surface area (Å²) in [4.78, 5) is 10.1. The molecule has 72 valence electrons. The molecule has 0 aromatic heterocycles. The van der Waals surface area contributed by atoms with Crippen molar-refractivity contribution in [3.05, 3.63) is 0 Å². The molecule has 0 aromatic rings. The number of rotatable bonds is 6. The predicted octanol–water partition coefficient (Wildman–Crippen LogP) is 1.11. The molecule has 0 aliphatic rings. The van der Waals surface area contributed by atoms with Crippen molar-refractivity contribution < 1.29 is 9.53 Å². The van der Waals surface area contributed by atoms with Gasteiger partial charge in [0.15, 0.2) is 0 Å². The first-order valence-electron chi connectivity index (χ1n) is 4.30. The van der Waals surface area contributed by atoms with Gasteiger partial charge in [0.1, 0.15) is 6.29 Å². The van der Waals surface area contributed by atoms with Crippen LogP contribution in [-0.2, 0) is 9.53 Å². The third-order valence-electron chi connectivity index (χ3n) is 1.58. The highest BCUT2D eigenvalue weighted by molar-refractivity contribution is 5.49. The monoisotopic (exact) mass is 173 g/mol. The normalized spacial score (nSPS) is 14.3. The quantitative estimate of drug-likeness (QED) is 0.612. The zero-order valence-electron chi connectivity index (χ0n) is 8.17. The second-order valence-electron chi connectivity index (χ2n) is 3.82. The lowest BCUT2D eigenvalue weighted by atomic mass is 10.0. The Hall–Kier alpha value is -0.410. The van der Waals surface area contributed by atoms with Crippen LogP contribution in [0.2, 0.25) is 0 Å². The van der Waals surface area contributed by atoms with Crippen molar-refractivity contribution in [3.8, 4) is 0 Å². The summed E-state index contributed by atoms with van der Waals surface area (Å²) in [5.41, 5.74) is 5.57. The smallest absolute Gasteiger partial charge is 0.122 e. The Balaban J connectivity index is 3.36. The van der Waals surface area contributed by atoms with E-state index < -0.39 is 0 Å². The fourth-order valence-electron chi connectivity index (χ4n) is 0.727. The fraction of sp³-hybridized carbons (Fsp3) is 0.889. The van der Waals surface area contributed by atoms with Crippen LogP contribution < -0.4 is 5.73 Å². The van der Waals surface area contributed by atoms with E-state index in [1.54, 1.807) is 0 Å². The van der Waals surface area contributed by atoms with E-state index in [0.29, 0.717) is 13.0 Å². The lowest BCUT2D eigenvalue weighted by Gasteiger charge is -2.19. The molecule has 2 N–H and O–H groups in total. The Kier molecular flexibility index (Phi) is 5.09. The zero-order valence-corrected chi connectivity index (χ0v) is 8.17. The van der Waals surface area contributed by atoms with Crippen molar-refractivity contribution >= 4 is 6.29 Å². The van der Waals surface area contributed by atoms with E-state index in [0.717, 1.165) is 12.7 Å². The van der Waals surface area contributed by atoms with E-state index in [1.807, 2.05) is 20.8 Å². The SMILES string of the molecule is CC(CC=O)OCCC(C)(C)N. The van der Waals surface area contributed by atoms with Crippen LogP contribution in [0, 0.1) is 0 Å². The lowest BCUT2D eigenvalue weighted by Crippen LogP contribution is -2.33. The lowest BCUT2D eigenvalue weighted by molar-refractivity contribution is -0.110. The minimum Gasteiger partial charge on any atom is -0.378 e. The highest BCUT2D eigenvalue weighted by Crippen LogP contribution is 2.05. The molecule has 0 bridgehead atoms. The van der Waals surface area contributed by atoms with Crippen LogP contribution in [0.25, 0.3) is 0 Å². The van der Waals surface area contributed by atoms with Gasteiger partial charge in [0.25, 0.3) is 0 Å². The van der Waals surface area contributed by atoms with Crippen molar-refractivity contribution in [1.29, 1.82) is 0 Å². The van der Waals surface area contributed by atoms with Crippen LogP contribution >= 0.6 is 0 Å². The van der Waals surface area contributed by atoms with Gasteiger partial charge in [-0.15, -0.1) is 0 Å². The number of hydrogen-bond acceptors (Lipinski definition) is 3. The van der Waals surface area contributed by atoms with Gasteiger partial charge in [-0.1, -0.05) is 0 Å². The molecule has 3 heteroatoms. The topological polar surface area (TPSA) is 52.3 Å². The summed E-state index contributed by atoms with van der Waals surface area (Å²) >= 11 is 0. The first-order valence-corrected chi connectivity index (χ1v) is 4.30. The summed E-state index contributed by atoms with van der Waals surface area (Å²) in [5.74, 6) is 0. The van der Waals surface area contributed by atoms with Crippen LogP contribution in [0.1, 0.15) is 33.6 Å². The summed E-state index contributed by atoms with van der Waals surface area (Å²) in [6, 6.07) is 0. The summed E-state index contributed by atoms with van der Waals surface area (Å²) in [6.07, 6.45) is 2.17. The highest BCUT2D eigenvalue weighted by Gasteiger charge is 2.10. The first kappa shape index (κ1) is 11.6. The molecular weight excluding hydrogens is 154 g/mol. The van der Waals surface area contributed by atoms with Crippen LogP contribution in [0.3, 0.4) is 0 Å². The maximum absolute atomic E-state index is 10.1. The number of aldehydes is 1. The molecular formula is C9H19NO2. The molecule has 1 atom stereocenters. The van der Waals surface area contributed by atoms with Crippen LogP contribution in [-0.4, -0.2) is 24.5 Å². The van der Waals surface area contributed by atoms with E-state index >= 15 is 0 Å². The number of carbonyl (C=O) groups excluding carboxylic acids is 1. The molecule has 1 unspecified atom stereocenters. The molecule has 0 aromatic carbocycles. The molecule has 0 fully saturated rings. The molecule has 0 saturated carbocycles. The third-order valence-corrected chi connectivity index (χ3v) is 1.58. The molecule has 12 heavy (non-hydrogen) atoms. The average Bonchev–Trinajstić information content (AvgIpc) is 1.84. The van der Waals surface area contributed by atoms with Gasteiger partial charge in [-0.2, -0.15) is 0 Å². The molecule has 0 aliphatic heterocycles. The third kappa shape index (κ3) is 7.69. The van der Waals surface area contributed by atoms with Crippen molar-refractivity contribution in [2.45, 2.75) is 45.3 Å². The minimum atomic E-state index is -0.180. The summed E-state index contributed by atoms with van der Waals surface area (Å²) in [6.45, 7) is 6.43. The maximum Gasteiger partial charge on any atom is 0.122 e. The van der Waals surface area contributed by atoms with Gasteiger partial charge < -0.3 is 15.3 Å². The van der Waals surface area contributed by atoms with Crippen LogP contribution in [0.5, 0.6) is 0 Å². The molecule has 0 spiro atoms. The Morgan fingerprint density at radius 3 is 2.58 bits per heavy atom. The summed E-state index contributed by atoms with van der Waals surface area (Å²) in [5, 5.41) is 0. The molecule has 0 radical (unpaired) electrons. The molecule has 0 amide bonds. The molecule has 0 rings (SSSR count). The Morgan fingerprint density at radius 2 is 2.17 bits per heavy atom. The first-order chi connectivity index (χ1) is 5.45. The van der Waals surface area contributed by atoms with Gasteiger partial charge in [-0.3, -0.25) is 0 Å². The zero-order chi connectivity index (χ0) is 9.61. The van der Waals surface area contributed by atoms with Gasteiger partial charge in [0.2, 0.25) is 0 Å². The number of ether oxygens (including phenoxy) is 1. The molecule has 0 aliphatic carbocycles. The molecule has 0 saturated heterocycles. The van der Waals surface area contributed by atoms with Crippen molar-refractivity contribution in [2.24, 2.45) is 5.73 Å². The average molecular weight is 173 g/mol. The van der Waals surface area contributed by atoms with Crippen LogP contribution in [0.15, 0.2) is 0 Å². The highest BCUT2D eigenvalue weighted by atomic mass is 16.5. The summed E-state index contributed by atoms with van der Waals surface area (Å²) < 4.78 is 5.35. The second kappa shape index (κ2) is 5.27. The van der Waals surface area contributed by atoms with E-state index in [2.05, 4.69) is 0 Å². The van der Waals surface area contributed by atoms with Gasteiger partial charge in [0.05, 0.1) is 6.10 Å². The van der Waals surface area contributed by atoms with E-state index in [9.17, 15) is 4.79 Å². The Morgan fingerprint density at radius 1 is 1.58 bits per heavy atom. The van der Waals surface area contributed by atoms with E-state index in [1.165, 1.54) is 0 Å². The maximum atomic E-state index is 10.1. The van der Waals surface area contributed by atoms with E-state index in [-0.39, 0.29) is 11.6 Å². The number of nitrogens with two attached hydrogens (primary N) is 1. The van der Waals surface area contributed by atoms with Gasteiger partial charge in [-0.25, -0.2) is 0 Å².